The number of piperidine rings is 1. The summed E-state index contributed by atoms with van der Waals surface area (Å²) >= 11 is 0. The van der Waals surface area contributed by atoms with Gasteiger partial charge in [-0.05, 0) is 24.8 Å². The largest absolute Gasteiger partial charge is 0.350 e. The van der Waals surface area contributed by atoms with Gasteiger partial charge in [0, 0.05) is 38.0 Å². The van der Waals surface area contributed by atoms with Crippen LogP contribution in [0, 0.1) is 5.41 Å². The Balaban J connectivity index is 1.50. The summed E-state index contributed by atoms with van der Waals surface area (Å²) in [6.07, 6.45) is 7.81. The van der Waals surface area contributed by atoms with E-state index in [1.807, 2.05) is 25.2 Å². The van der Waals surface area contributed by atoms with Crippen molar-refractivity contribution in [3.05, 3.63) is 54.1 Å². The quantitative estimate of drug-likeness (QED) is 0.884. The van der Waals surface area contributed by atoms with Crippen LogP contribution in [0.4, 0.5) is 0 Å². The zero-order valence-corrected chi connectivity index (χ0v) is 15.7. The summed E-state index contributed by atoms with van der Waals surface area (Å²) < 4.78 is 1.73. The number of rotatable bonds is 5. The molecule has 1 aliphatic carbocycles. The molecule has 0 unspecified atom stereocenters. The molecular weight excluding hydrogens is 340 g/mol. The molecule has 2 aromatic rings. The van der Waals surface area contributed by atoms with E-state index in [9.17, 15) is 9.59 Å². The second-order valence-electron chi connectivity index (χ2n) is 7.85. The lowest BCUT2D eigenvalue weighted by atomic mass is 9.74. The molecule has 0 spiro atoms. The van der Waals surface area contributed by atoms with Gasteiger partial charge < -0.3 is 14.8 Å². The molecule has 0 bridgehead atoms. The number of aryl methyl sites for hydroxylation is 1. The zero-order valence-electron chi connectivity index (χ0n) is 15.7. The average Bonchev–Trinajstić information content (AvgIpc) is 3.30. The van der Waals surface area contributed by atoms with Crippen molar-refractivity contribution in [2.24, 2.45) is 12.5 Å². The van der Waals surface area contributed by atoms with E-state index in [1.165, 1.54) is 0 Å². The van der Waals surface area contributed by atoms with E-state index in [0.717, 1.165) is 31.2 Å². The Kier molecular flexibility index (Phi) is 4.72. The molecule has 4 rings (SSSR count). The Labute approximate surface area is 159 Å². The standard InChI is InChI=1S/C21H26N4O2/c1-24-15-22-12-17(24)20(27)23-14-21-10-5-8-18(21)25(19(26)9-11-21)13-16-6-3-2-4-7-16/h2-4,6-7,12,15,18H,5,8-11,13-14H2,1H3,(H,23,27)/t18-,21+/m1/s1. The lowest BCUT2D eigenvalue weighted by Crippen LogP contribution is -2.55. The van der Waals surface area contributed by atoms with E-state index in [0.29, 0.717) is 25.2 Å². The molecule has 2 atom stereocenters. The SMILES string of the molecule is Cn1cncc1C(=O)NC[C@@]12CCC[C@H]1N(Cc1ccccc1)C(=O)CC2. The molecule has 2 fully saturated rings. The fourth-order valence-electron chi connectivity index (χ4n) is 4.77. The summed E-state index contributed by atoms with van der Waals surface area (Å²) in [5, 5.41) is 3.12. The third kappa shape index (κ3) is 3.36. The number of hydrogen-bond donors (Lipinski definition) is 1. The number of aromatic nitrogens is 2. The number of amides is 2. The van der Waals surface area contributed by atoms with Crippen LogP contribution in [0.5, 0.6) is 0 Å². The van der Waals surface area contributed by atoms with Crippen molar-refractivity contribution in [3.8, 4) is 0 Å². The summed E-state index contributed by atoms with van der Waals surface area (Å²) in [5.74, 6) is 0.140. The lowest BCUT2D eigenvalue weighted by Gasteiger charge is -2.46. The van der Waals surface area contributed by atoms with E-state index in [1.54, 1.807) is 17.1 Å². The van der Waals surface area contributed by atoms with Crippen molar-refractivity contribution in [1.82, 2.24) is 19.8 Å². The second-order valence-corrected chi connectivity index (χ2v) is 7.85. The van der Waals surface area contributed by atoms with Gasteiger partial charge in [0.2, 0.25) is 5.91 Å². The van der Waals surface area contributed by atoms with E-state index in [-0.39, 0.29) is 23.3 Å². The first-order valence-corrected chi connectivity index (χ1v) is 9.67. The van der Waals surface area contributed by atoms with Crippen molar-refractivity contribution >= 4 is 11.8 Å². The number of fused-ring (bicyclic) bond motifs is 1. The molecular formula is C21H26N4O2. The number of carbonyl (C=O) groups is 2. The molecule has 1 aromatic carbocycles. The second kappa shape index (κ2) is 7.18. The molecule has 2 amide bonds. The third-order valence-corrected chi connectivity index (χ3v) is 6.24. The summed E-state index contributed by atoms with van der Waals surface area (Å²) in [4.78, 5) is 31.3. The smallest absolute Gasteiger partial charge is 0.269 e. The van der Waals surface area contributed by atoms with Gasteiger partial charge >= 0.3 is 0 Å². The Bertz CT molecular complexity index is 832. The van der Waals surface area contributed by atoms with Crippen LogP contribution in [0.25, 0.3) is 0 Å². The normalized spacial score (nSPS) is 24.7. The van der Waals surface area contributed by atoms with Crippen LogP contribution in [0.2, 0.25) is 0 Å². The van der Waals surface area contributed by atoms with Crippen LogP contribution in [0.1, 0.15) is 48.2 Å². The van der Waals surface area contributed by atoms with Gasteiger partial charge in [-0.15, -0.1) is 0 Å². The molecule has 2 aliphatic rings. The minimum absolute atomic E-state index is 0.0169. The van der Waals surface area contributed by atoms with Crippen LogP contribution in [0.15, 0.2) is 42.9 Å². The molecule has 142 valence electrons. The Morgan fingerprint density at radius 1 is 1.30 bits per heavy atom. The number of imidazole rings is 1. The number of carbonyl (C=O) groups excluding carboxylic acids is 2. The summed E-state index contributed by atoms with van der Waals surface area (Å²) in [6, 6.07) is 10.4. The highest BCUT2D eigenvalue weighted by Gasteiger charge is 2.50. The molecule has 2 heterocycles. The Morgan fingerprint density at radius 3 is 2.85 bits per heavy atom. The highest BCUT2D eigenvalue weighted by Crippen LogP contribution is 2.48. The maximum absolute atomic E-state index is 12.7. The van der Waals surface area contributed by atoms with Gasteiger partial charge in [-0.2, -0.15) is 0 Å². The number of likely N-dealkylation sites (tertiary alicyclic amines) is 1. The average molecular weight is 366 g/mol. The van der Waals surface area contributed by atoms with Crippen LogP contribution < -0.4 is 5.32 Å². The van der Waals surface area contributed by atoms with Crippen LogP contribution in [-0.4, -0.2) is 38.9 Å². The van der Waals surface area contributed by atoms with Gasteiger partial charge in [-0.1, -0.05) is 36.8 Å². The number of nitrogens with one attached hydrogen (secondary N) is 1. The minimum atomic E-state index is -0.0958. The van der Waals surface area contributed by atoms with Crippen molar-refractivity contribution < 1.29 is 9.59 Å². The maximum atomic E-state index is 12.7. The molecule has 1 aliphatic heterocycles. The zero-order chi connectivity index (χ0) is 18.9. The highest BCUT2D eigenvalue weighted by atomic mass is 16.2. The van der Waals surface area contributed by atoms with Crippen molar-refractivity contribution in [2.45, 2.75) is 44.7 Å². The van der Waals surface area contributed by atoms with Crippen molar-refractivity contribution in [2.75, 3.05) is 6.54 Å². The van der Waals surface area contributed by atoms with Gasteiger partial charge in [0.25, 0.3) is 5.91 Å². The van der Waals surface area contributed by atoms with Gasteiger partial charge in [0.05, 0.1) is 12.5 Å². The monoisotopic (exact) mass is 366 g/mol. The molecule has 1 aromatic heterocycles. The van der Waals surface area contributed by atoms with E-state index in [4.69, 9.17) is 0 Å². The predicted molar refractivity (Wildman–Crippen MR) is 102 cm³/mol. The predicted octanol–water partition coefficient (Wildman–Crippen LogP) is 2.51. The van der Waals surface area contributed by atoms with Gasteiger partial charge in [-0.3, -0.25) is 9.59 Å². The number of nitrogens with zero attached hydrogens (tertiary/aromatic N) is 3. The topological polar surface area (TPSA) is 67.2 Å². The van der Waals surface area contributed by atoms with E-state index >= 15 is 0 Å². The fraction of sp³-hybridized carbons (Fsp3) is 0.476. The van der Waals surface area contributed by atoms with Crippen molar-refractivity contribution in [1.29, 1.82) is 0 Å². The maximum Gasteiger partial charge on any atom is 0.269 e. The number of benzene rings is 1. The molecule has 6 heteroatoms. The molecule has 6 nitrogen and oxygen atoms in total. The minimum Gasteiger partial charge on any atom is -0.350 e. The highest BCUT2D eigenvalue weighted by molar-refractivity contribution is 5.92. The van der Waals surface area contributed by atoms with Gasteiger partial charge in [0.1, 0.15) is 5.69 Å². The van der Waals surface area contributed by atoms with Gasteiger partial charge in [0.15, 0.2) is 0 Å². The number of hydrogen-bond acceptors (Lipinski definition) is 3. The summed E-state index contributed by atoms with van der Waals surface area (Å²) in [5.41, 5.74) is 1.71. The van der Waals surface area contributed by atoms with Crippen LogP contribution in [-0.2, 0) is 18.4 Å². The van der Waals surface area contributed by atoms with E-state index in [2.05, 4.69) is 27.3 Å². The first-order chi connectivity index (χ1) is 13.1. The molecule has 1 saturated carbocycles. The van der Waals surface area contributed by atoms with Crippen LogP contribution in [0.3, 0.4) is 0 Å². The fourth-order valence-corrected chi connectivity index (χ4v) is 4.77. The molecule has 1 saturated heterocycles. The van der Waals surface area contributed by atoms with Crippen LogP contribution >= 0.6 is 0 Å². The summed E-state index contributed by atoms with van der Waals surface area (Å²) in [6.45, 7) is 1.27. The Hall–Kier alpha value is -2.63. The molecule has 0 radical (unpaired) electrons. The third-order valence-electron chi connectivity index (χ3n) is 6.24. The lowest BCUT2D eigenvalue weighted by molar-refractivity contribution is -0.142. The Morgan fingerprint density at radius 2 is 2.11 bits per heavy atom. The molecule has 27 heavy (non-hydrogen) atoms. The summed E-state index contributed by atoms with van der Waals surface area (Å²) in [7, 11) is 1.82. The van der Waals surface area contributed by atoms with Crippen molar-refractivity contribution in [3.63, 3.8) is 0 Å². The van der Waals surface area contributed by atoms with Gasteiger partial charge in [-0.25, -0.2) is 4.98 Å². The molecule has 1 N–H and O–H groups in total. The first-order valence-electron chi connectivity index (χ1n) is 9.67. The van der Waals surface area contributed by atoms with E-state index < -0.39 is 0 Å². The first kappa shape index (κ1) is 17.8.